The largest absolute Gasteiger partial charge is 0.462 e. The topological polar surface area (TPSA) is 43.4 Å². The fourth-order valence-electron chi connectivity index (χ4n) is 8.34. The van der Waals surface area contributed by atoms with Crippen LogP contribution >= 0.6 is 0 Å². The summed E-state index contributed by atoms with van der Waals surface area (Å²) in [5.74, 6) is 2.86. The first-order valence-corrected chi connectivity index (χ1v) is 10.9. The quantitative estimate of drug-likeness (QED) is 0.638. The number of ketones is 1. The third-order valence-corrected chi connectivity index (χ3v) is 9.34. The molecular formula is C23H36O3. The number of carbonyl (C=O) groups excluding carboxylic acids is 2. The van der Waals surface area contributed by atoms with E-state index < -0.39 is 0 Å². The molecule has 0 radical (unpaired) electrons. The Bertz CT molecular complexity index is 598. The zero-order valence-corrected chi connectivity index (χ0v) is 17.1. The Morgan fingerprint density at radius 2 is 1.65 bits per heavy atom. The molecule has 4 aliphatic rings. The van der Waals surface area contributed by atoms with Gasteiger partial charge in [0.2, 0.25) is 0 Å². The van der Waals surface area contributed by atoms with Gasteiger partial charge in [0.05, 0.1) is 5.92 Å². The van der Waals surface area contributed by atoms with Gasteiger partial charge < -0.3 is 4.74 Å². The Morgan fingerprint density at radius 1 is 0.885 bits per heavy atom. The first-order chi connectivity index (χ1) is 12.3. The number of Topliss-reactive ketones (excluding diaryl/α,β-unsaturated/α-hetero) is 1. The van der Waals surface area contributed by atoms with E-state index >= 15 is 0 Å². The maximum absolute atomic E-state index is 12.6. The molecule has 0 amide bonds. The van der Waals surface area contributed by atoms with Crippen molar-refractivity contribution >= 4 is 11.8 Å². The van der Waals surface area contributed by atoms with Crippen molar-refractivity contribution in [1.82, 2.24) is 0 Å². The number of ether oxygens (including phenoxy) is 1. The Labute approximate surface area is 158 Å². The van der Waals surface area contributed by atoms with Crippen molar-refractivity contribution in [3.63, 3.8) is 0 Å². The van der Waals surface area contributed by atoms with Gasteiger partial charge >= 0.3 is 5.97 Å². The molecule has 8 atom stereocenters. The van der Waals surface area contributed by atoms with E-state index in [1.165, 1.54) is 51.9 Å². The van der Waals surface area contributed by atoms with Crippen LogP contribution in [0.4, 0.5) is 0 Å². The highest BCUT2D eigenvalue weighted by atomic mass is 16.5. The van der Waals surface area contributed by atoms with Gasteiger partial charge in [0.1, 0.15) is 11.9 Å². The molecule has 0 aromatic rings. The standard InChI is InChI=1S/C23H36O3/c1-14(24)21-20(26-15(2)25)13-19-17-9-8-16-7-5-6-11-22(16,3)18(17)10-12-23(19,21)4/h16-21H,5-13H2,1-4H3/t16-,17+,18-,19-,20-,21-,22-,23-/m0/s1. The van der Waals surface area contributed by atoms with Gasteiger partial charge in [-0.3, -0.25) is 9.59 Å². The molecule has 0 bridgehead atoms. The van der Waals surface area contributed by atoms with Crippen LogP contribution in [0.2, 0.25) is 0 Å². The van der Waals surface area contributed by atoms with E-state index in [1.807, 2.05) is 0 Å². The van der Waals surface area contributed by atoms with Gasteiger partial charge in [0.15, 0.2) is 0 Å². The van der Waals surface area contributed by atoms with E-state index in [0.29, 0.717) is 11.3 Å². The van der Waals surface area contributed by atoms with Gasteiger partial charge in [-0.1, -0.05) is 26.7 Å². The Balaban J connectivity index is 1.65. The second-order valence-corrected chi connectivity index (χ2v) is 10.4. The molecule has 26 heavy (non-hydrogen) atoms. The van der Waals surface area contributed by atoms with Crippen LogP contribution in [0.5, 0.6) is 0 Å². The zero-order chi connectivity index (χ0) is 18.7. The molecule has 4 rings (SSSR count). The second-order valence-electron chi connectivity index (χ2n) is 10.4. The van der Waals surface area contributed by atoms with Gasteiger partial charge in [-0.25, -0.2) is 0 Å². The van der Waals surface area contributed by atoms with Crippen molar-refractivity contribution < 1.29 is 14.3 Å². The highest BCUT2D eigenvalue weighted by Crippen LogP contribution is 2.67. The molecule has 4 fully saturated rings. The van der Waals surface area contributed by atoms with Crippen LogP contribution in [0.25, 0.3) is 0 Å². The summed E-state index contributed by atoms with van der Waals surface area (Å²) in [5, 5.41) is 0. The summed E-state index contributed by atoms with van der Waals surface area (Å²) in [6.07, 6.45) is 11.4. The summed E-state index contributed by atoms with van der Waals surface area (Å²) >= 11 is 0. The first-order valence-electron chi connectivity index (χ1n) is 10.9. The van der Waals surface area contributed by atoms with E-state index in [2.05, 4.69) is 13.8 Å². The molecule has 0 aromatic carbocycles. The van der Waals surface area contributed by atoms with Crippen LogP contribution in [0.15, 0.2) is 0 Å². The summed E-state index contributed by atoms with van der Waals surface area (Å²) in [5.41, 5.74) is 0.527. The van der Waals surface area contributed by atoms with Crippen molar-refractivity contribution in [2.24, 2.45) is 40.4 Å². The lowest BCUT2D eigenvalue weighted by atomic mass is 9.45. The molecule has 146 valence electrons. The predicted molar refractivity (Wildman–Crippen MR) is 101 cm³/mol. The Kier molecular flexibility index (Phi) is 4.51. The lowest BCUT2D eigenvalue weighted by molar-refractivity contribution is -0.151. The summed E-state index contributed by atoms with van der Waals surface area (Å²) < 4.78 is 5.69. The van der Waals surface area contributed by atoms with Gasteiger partial charge in [-0.05, 0) is 86.4 Å². The van der Waals surface area contributed by atoms with E-state index in [1.54, 1.807) is 6.92 Å². The highest BCUT2D eigenvalue weighted by molar-refractivity contribution is 5.81. The van der Waals surface area contributed by atoms with Gasteiger partial charge in [-0.2, -0.15) is 0 Å². The molecule has 0 heterocycles. The van der Waals surface area contributed by atoms with Crippen molar-refractivity contribution in [1.29, 1.82) is 0 Å². The Hall–Kier alpha value is -0.860. The minimum atomic E-state index is -0.233. The lowest BCUT2D eigenvalue weighted by Crippen LogP contribution is -2.53. The average molecular weight is 361 g/mol. The van der Waals surface area contributed by atoms with Crippen LogP contribution in [0.3, 0.4) is 0 Å². The summed E-state index contributed by atoms with van der Waals surface area (Å²) in [6, 6.07) is 0. The van der Waals surface area contributed by atoms with Crippen molar-refractivity contribution in [3.05, 3.63) is 0 Å². The van der Waals surface area contributed by atoms with E-state index in [9.17, 15) is 9.59 Å². The molecular weight excluding hydrogens is 324 g/mol. The molecule has 3 heteroatoms. The van der Waals surface area contributed by atoms with Crippen LogP contribution in [-0.2, 0) is 14.3 Å². The fraction of sp³-hybridized carbons (Fsp3) is 0.913. The highest BCUT2D eigenvalue weighted by Gasteiger charge is 2.63. The monoisotopic (exact) mass is 360 g/mol. The van der Waals surface area contributed by atoms with Crippen LogP contribution in [0, 0.1) is 40.4 Å². The molecule has 0 N–H and O–H groups in total. The molecule has 0 saturated heterocycles. The van der Waals surface area contributed by atoms with Gasteiger partial charge in [0.25, 0.3) is 0 Å². The molecule has 0 spiro atoms. The normalized spacial score (nSPS) is 50.3. The van der Waals surface area contributed by atoms with Gasteiger partial charge in [-0.15, -0.1) is 0 Å². The SMILES string of the molecule is CC(=O)O[C@H]1C[C@H]2[C@@H]3CC[C@@H]4CCCC[C@]4(C)[C@H]3CC[C@]2(C)[C@H]1C(C)=O. The first kappa shape index (κ1) is 18.5. The number of hydrogen-bond donors (Lipinski definition) is 0. The minimum absolute atomic E-state index is 0.0188. The molecule has 4 aliphatic carbocycles. The van der Waals surface area contributed by atoms with Crippen molar-refractivity contribution in [2.45, 2.75) is 91.6 Å². The third kappa shape index (κ3) is 2.59. The molecule has 4 saturated carbocycles. The summed E-state index contributed by atoms with van der Waals surface area (Å²) in [4.78, 5) is 24.2. The van der Waals surface area contributed by atoms with Crippen LogP contribution in [0.1, 0.15) is 85.5 Å². The summed E-state index contributed by atoms with van der Waals surface area (Å²) in [6.45, 7) is 8.11. The van der Waals surface area contributed by atoms with Crippen LogP contribution in [-0.4, -0.2) is 17.9 Å². The maximum atomic E-state index is 12.6. The van der Waals surface area contributed by atoms with Crippen molar-refractivity contribution in [2.75, 3.05) is 0 Å². The molecule has 0 aliphatic heterocycles. The van der Waals surface area contributed by atoms with E-state index in [4.69, 9.17) is 4.74 Å². The number of hydrogen-bond acceptors (Lipinski definition) is 3. The zero-order valence-electron chi connectivity index (χ0n) is 17.1. The number of rotatable bonds is 2. The van der Waals surface area contributed by atoms with E-state index in [-0.39, 0.29) is 29.2 Å². The smallest absolute Gasteiger partial charge is 0.302 e. The van der Waals surface area contributed by atoms with Crippen molar-refractivity contribution in [3.8, 4) is 0 Å². The van der Waals surface area contributed by atoms with E-state index in [0.717, 1.165) is 30.6 Å². The maximum Gasteiger partial charge on any atom is 0.302 e. The second kappa shape index (κ2) is 6.34. The summed E-state index contributed by atoms with van der Waals surface area (Å²) in [7, 11) is 0. The fourth-order valence-corrected chi connectivity index (χ4v) is 8.34. The van der Waals surface area contributed by atoms with Crippen LogP contribution < -0.4 is 0 Å². The average Bonchev–Trinajstić information content (AvgIpc) is 2.85. The Morgan fingerprint density at radius 3 is 2.35 bits per heavy atom. The number of carbonyl (C=O) groups is 2. The number of fused-ring (bicyclic) bond motifs is 5. The predicted octanol–water partition coefficient (Wildman–Crippen LogP) is 5.17. The molecule has 3 nitrogen and oxygen atoms in total. The number of esters is 1. The third-order valence-electron chi connectivity index (χ3n) is 9.34. The molecule has 0 unspecified atom stereocenters. The minimum Gasteiger partial charge on any atom is -0.462 e. The molecule has 0 aromatic heterocycles. The van der Waals surface area contributed by atoms with Gasteiger partial charge in [0, 0.05) is 6.92 Å². The lowest BCUT2D eigenvalue weighted by Gasteiger charge is -2.60.